The third kappa shape index (κ3) is 4.09. The number of halogens is 1. The first kappa shape index (κ1) is 23.6. The first-order valence-corrected chi connectivity index (χ1v) is 11.1. The predicted octanol–water partition coefficient (Wildman–Crippen LogP) is 1.79. The molecule has 4 amide bonds. The molecule has 10 heteroatoms. The number of nitrogens with one attached hydrogen (secondary N) is 2. The number of carbonyl (C=O) groups excluding carboxylic acids is 3. The van der Waals surface area contributed by atoms with Crippen LogP contribution in [0.5, 0.6) is 0 Å². The molecule has 2 aliphatic rings. The number of imide groups is 1. The minimum absolute atomic E-state index is 0.0880. The fourth-order valence-corrected chi connectivity index (χ4v) is 4.49. The number of amides is 4. The van der Waals surface area contributed by atoms with E-state index in [1.165, 1.54) is 19.2 Å². The van der Waals surface area contributed by atoms with Crippen LogP contribution in [0.3, 0.4) is 0 Å². The molecule has 0 spiro atoms. The number of hydrogen-bond acceptors (Lipinski definition) is 6. The Bertz CT molecular complexity index is 1160. The Labute approximate surface area is 197 Å². The van der Waals surface area contributed by atoms with E-state index in [1.807, 2.05) is 20.8 Å². The first-order valence-electron chi connectivity index (χ1n) is 11.1. The maximum atomic E-state index is 15.1. The van der Waals surface area contributed by atoms with E-state index in [2.05, 4.69) is 21.6 Å². The standard InChI is InChI=1S/C24H28FN5O4/c1-14-11-15(2)20(26-16(14)3)29-7-9-30(10-8-29)21(31)18-6-5-17(12-19(18)25)24(13-34-4)22(32)27-23(33)28-24/h5-6,11-12H,7-10,13H2,1-4H3,(H2,27,28,32,33). The van der Waals surface area contributed by atoms with Gasteiger partial charge in [-0.1, -0.05) is 12.1 Å². The van der Waals surface area contributed by atoms with Gasteiger partial charge in [-0.15, -0.1) is 0 Å². The Kier molecular flexibility index (Phi) is 6.26. The number of aromatic nitrogens is 1. The number of pyridine rings is 1. The van der Waals surface area contributed by atoms with Crippen LogP contribution in [0.15, 0.2) is 24.3 Å². The summed E-state index contributed by atoms with van der Waals surface area (Å²) < 4.78 is 20.2. The number of piperazine rings is 1. The number of methoxy groups -OCH3 is 1. The van der Waals surface area contributed by atoms with Gasteiger partial charge >= 0.3 is 6.03 Å². The maximum Gasteiger partial charge on any atom is 0.322 e. The van der Waals surface area contributed by atoms with Crippen molar-refractivity contribution in [2.75, 3.05) is 44.8 Å². The van der Waals surface area contributed by atoms with E-state index < -0.39 is 29.2 Å². The van der Waals surface area contributed by atoms with Crippen LogP contribution in [0.25, 0.3) is 0 Å². The number of nitrogens with zero attached hydrogens (tertiary/aromatic N) is 3. The average molecular weight is 470 g/mol. The number of carbonyl (C=O) groups is 3. The summed E-state index contributed by atoms with van der Waals surface area (Å²) in [6.07, 6.45) is 0. The highest BCUT2D eigenvalue weighted by molar-refractivity contribution is 6.07. The summed E-state index contributed by atoms with van der Waals surface area (Å²) in [4.78, 5) is 45.6. The molecule has 2 saturated heterocycles. The molecular weight excluding hydrogens is 441 g/mol. The molecule has 4 rings (SSSR count). The quantitative estimate of drug-likeness (QED) is 0.648. The number of hydrogen-bond donors (Lipinski definition) is 2. The van der Waals surface area contributed by atoms with Crippen LogP contribution in [-0.2, 0) is 15.1 Å². The lowest BCUT2D eigenvalue weighted by molar-refractivity contribution is -0.126. The summed E-state index contributed by atoms with van der Waals surface area (Å²) in [6.45, 7) is 7.88. The zero-order valence-corrected chi connectivity index (χ0v) is 19.7. The number of anilines is 1. The van der Waals surface area contributed by atoms with E-state index in [4.69, 9.17) is 9.72 Å². The fraction of sp³-hybridized carbons (Fsp3) is 0.417. The molecular formula is C24H28FN5O4. The molecule has 0 radical (unpaired) electrons. The molecule has 1 unspecified atom stereocenters. The van der Waals surface area contributed by atoms with Crippen molar-refractivity contribution in [1.82, 2.24) is 20.5 Å². The Morgan fingerprint density at radius 2 is 1.82 bits per heavy atom. The highest BCUT2D eigenvalue weighted by Crippen LogP contribution is 2.28. The maximum absolute atomic E-state index is 15.1. The van der Waals surface area contributed by atoms with Crippen molar-refractivity contribution < 1.29 is 23.5 Å². The number of aryl methyl sites for hydroxylation is 3. The van der Waals surface area contributed by atoms with Gasteiger partial charge in [0.25, 0.3) is 11.8 Å². The zero-order valence-electron chi connectivity index (χ0n) is 19.7. The van der Waals surface area contributed by atoms with Gasteiger partial charge in [-0.05, 0) is 49.6 Å². The lowest BCUT2D eigenvalue weighted by Gasteiger charge is -2.36. The van der Waals surface area contributed by atoms with Crippen molar-refractivity contribution in [3.63, 3.8) is 0 Å². The van der Waals surface area contributed by atoms with Crippen LogP contribution in [-0.4, -0.2) is 67.6 Å². The van der Waals surface area contributed by atoms with Crippen molar-refractivity contribution in [2.24, 2.45) is 0 Å². The lowest BCUT2D eigenvalue weighted by Crippen LogP contribution is -2.49. The van der Waals surface area contributed by atoms with E-state index in [-0.39, 0.29) is 17.7 Å². The summed E-state index contributed by atoms with van der Waals surface area (Å²) >= 11 is 0. The van der Waals surface area contributed by atoms with Gasteiger partial charge in [0.2, 0.25) is 0 Å². The Morgan fingerprint density at radius 3 is 2.41 bits per heavy atom. The molecule has 34 heavy (non-hydrogen) atoms. The van der Waals surface area contributed by atoms with E-state index in [1.54, 1.807) is 4.90 Å². The Balaban J connectivity index is 1.50. The van der Waals surface area contributed by atoms with Crippen molar-refractivity contribution in [2.45, 2.75) is 26.3 Å². The van der Waals surface area contributed by atoms with Gasteiger partial charge < -0.3 is 19.9 Å². The van der Waals surface area contributed by atoms with Crippen molar-refractivity contribution in [3.8, 4) is 0 Å². The van der Waals surface area contributed by atoms with Gasteiger partial charge in [0.15, 0.2) is 5.54 Å². The second-order valence-electron chi connectivity index (χ2n) is 8.75. The fourth-order valence-electron chi connectivity index (χ4n) is 4.49. The van der Waals surface area contributed by atoms with Crippen LogP contribution in [0.1, 0.15) is 32.7 Å². The number of urea groups is 1. The highest BCUT2D eigenvalue weighted by Gasteiger charge is 2.48. The normalized spacial score (nSPS) is 20.4. The van der Waals surface area contributed by atoms with Gasteiger partial charge in [0.05, 0.1) is 12.2 Å². The molecule has 0 bridgehead atoms. The molecule has 0 saturated carbocycles. The van der Waals surface area contributed by atoms with Crippen LogP contribution in [0, 0.1) is 26.6 Å². The summed E-state index contributed by atoms with van der Waals surface area (Å²) in [5, 5.41) is 4.66. The summed E-state index contributed by atoms with van der Waals surface area (Å²) in [6, 6.07) is 5.35. The largest absolute Gasteiger partial charge is 0.381 e. The number of ether oxygens (including phenoxy) is 1. The van der Waals surface area contributed by atoms with Crippen LogP contribution in [0.4, 0.5) is 15.0 Å². The molecule has 2 fully saturated rings. The van der Waals surface area contributed by atoms with Gasteiger partial charge in [-0.25, -0.2) is 14.2 Å². The second kappa shape index (κ2) is 9.02. The van der Waals surface area contributed by atoms with Crippen LogP contribution >= 0.6 is 0 Å². The van der Waals surface area contributed by atoms with Crippen molar-refractivity contribution in [3.05, 3.63) is 58.0 Å². The second-order valence-corrected chi connectivity index (χ2v) is 8.75. The SMILES string of the molecule is COCC1(c2ccc(C(=O)N3CCN(c4nc(C)c(C)cc4C)CC3)c(F)c2)NC(=O)NC1=O. The Morgan fingerprint density at radius 1 is 1.12 bits per heavy atom. The zero-order chi connectivity index (χ0) is 24.6. The molecule has 1 aromatic heterocycles. The average Bonchev–Trinajstić information content (AvgIpc) is 3.09. The van der Waals surface area contributed by atoms with E-state index in [0.717, 1.165) is 28.7 Å². The topological polar surface area (TPSA) is 104 Å². The van der Waals surface area contributed by atoms with Gasteiger partial charge in [-0.2, -0.15) is 0 Å². The summed E-state index contributed by atoms with van der Waals surface area (Å²) in [5.74, 6) is -0.912. The van der Waals surface area contributed by atoms with Crippen molar-refractivity contribution >= 4 is 23.7 Å². The van der Waals surface area contributed by atoms with E-state index in [0.29, 0.717) is 26.2 Å². The van der Waals surface area contributed by atoms with Crippen molar-refractivity contribution in [1.29, 1.82) is 0 Å². The minimum Gasteiger partial charge on any atom is -0.381 e. The molecule has 1 atom stereocenters. The van der Waals surface area contributed by atoms with E-state index >= 15 is 4.39 Å². The molecule has 1 aromatic carbocycles. The molecule has 0 aliphatic carbocycles. The summed E-state index contributed by atoms with van der Waals surface area (Å²) in [7, 11) is 1.38. The monoisotopic (exact) mass is 469 g/mol. The summed E-state index contributed by atoms with van der Waals surface area (Å²) in [5.41, 5.74) is 1.76. The smallest absolute Gasteiger partial charge is 0.322 e. The predicted molar refractivity (Wildman–Crippen MR) is 123 cm³/mol. The molecule has 2 aliphatic heterocycles. The molecule has 180 valence electrons. The molecule has 2 aromatic rings. The molecule has 3 heterocycles. The third-order valence-corrected chi connectivity index (χ3v) is 6.49. The molecule has 2 N–H and O–H groups in total. The molecule has 9 nitrogen and oxygen atoms in total. The first-order chi connectivity index (χ1) is 16.2. The Hall–Kier alpha value is -3.53. The highest BCUT2D eigenvalue weighted by atomic mass is 19.1. The number of benzene rings is 1. The third-order valence-electron chi connectivity index (χ3n) is 6.49. The van der Waals surface area contributed by atoms with E-state index in [9.17, 15) is 14.4 Å². The van der Waals surface area contributed by atoms with Crippen LogP contribution in [0.2, 0.25) is 0 Å². The van der Waals surface area contributed by atoms with Gasteiger partial charge in [0, 0.05) is 39.0 Å². The lowest BCUT2D eigenvalue weighted by atomic mass is 9.89. The minimum atomic E-state index is -1.54. The van der Waals surface area contributed by atoms with Gasteiger partial charge in [0.1, 0.15) is 11.6 Å². The number of rotatable bonds is 5. The van der Waals surface area contributed by atoms with Gasteiger partial charge in [-0.3, -0.25) is 14.9 Å². The van der Waals surface area contributed by atoms with Crippen LogP contribution < -0.4 is 15.5 Å².